The smallest absolute Gasteiger partial charge is 0.253 e. The van der Waals surface area contributed by atoms with Gasteiger partial charge in [0.05, 0.1) is 13.7 Å². The first-order valence-corrected chi connectivity index (χ1v) is 7.94. The maximum absolute atomic E-state index is 13.6. The summed E-state index contributed by atoms with van der Waals surface area (Å²) in [6.45, 7) is 2.25. The van der Waals surface area contributed by atoms with Crippen molar-refractivity contribution in [3.05, 3.63) is 29.6 Å². The highest BCUT2D eigenvalue weighted by Crippen LogP contribution is 2.22. The van der Waals surface area contributed by atoms with E-state index in [2.05, 4.69) is 5.32 Å². The first-order valence-electron chi connectivity index (χ1n) is 7.94. The third kappa shape index (κ3) is 4.23. The molecule has 132 valence electrons. The Balaban J connectivity index is 1.88. The van der Waals surface area contributed by atoms with E-state index in [1.54, 1.807) is 6.07 Å². The van der Waals surface area contributed by atoms with Crippen molar-refractivity contribution in [2.45, 2.75) is 31.8 Å². The molecule has 0 bridgehead atoms. The van der Waals surface area contributed by atoms with Crippen LogP contribution in [0.15, 0.2) is 18.2 Å². The molecule has 0 spiro atoms. The fraction of sp³-hybridized carbons (Fsp3) is 0.529. The average Bonchev–Trinajstić information content (AvgIpc) is 2.55. The maximum atomic E-state index is 13.6. The van der Waals surface area contributed by atoms with Crippen molar-refractivity contribution in [2.24, 2.45) is 0 Å². The summed E-state index contributed by atoms with van der Waals surface area (Å²) in [4.78, 5) is 25.2. The quantitative estimate of drug-likeness (QED) is 0.835. The summed E-state index contributed by atoms with van der Waals surface area (Å²) in [7, 11) is 1.40. The lowest BCUT2D eigenvalue weighted by Crippen LogP contribution is -2.58. The van der Waals surface area contributed by atoms with Crippen LogP contribution in [0, 0.1) is 5.82 Å². The van der Waals surface area contributed by atoms with Gasteiger partial charge in [-0.25, -0.2) is 4.39 Å². The fourth-order valence-electron chi connectivity index (χ4n) is 2.84. The zero-order chi connectivity index (χ0) is 17.7. The van der Waals surface area contributed by atoms with Crippen LogP contribution in [0.1, 0.15) is 25.3 Å². The van der Waals surface area contributed by atoms with Crippen molar-refractivity contribution < 1.29 is 23.8 Å². The Morgan fingerprint density at radius 2 is 2.21 bits per heavy atom. The Kier molecular flexibility index (Phi) is 5.77. The van der Waals surface area contributed by atoms with Gasteiger partial charge in [0.15, 0.2) is 17.2 Å². The number of β-amino-alcohol motifs (C(OH)–C–C–N with tert-alkyl or cyclic N) is 1. The van der Waals surface area contributed by atoms with E-state index in [1.807, 2.05) is 0 Å². The number of piperidine rings is 1. The number of likely N-dealkylation sites (tertiary alicyclic amines) is 1. The minimum atomic E-state index is -1.56. The zero-order valence-corrected chi connectivity index (χ0v) is 14.0. The number of methoxy groups -OCH3 is 1. The van der Waals surface area contributed by atoms with Crippen molar-refractivity contribution in [3.8, 4) is 5.75 Å². The summed E-state index contributed by atoms with van der Waals surface area (Å²) in [6.07, 6.45) is 1.33. The van der Waals surface area contributed by atoms with E-state index in [0.717, 1.165) is 5.56 Å². The summed E-state index contributed by atoms with van der Waals surface area (Å²) in [5.41, 5.74) is -0.843. The number of nitrogens with one attached hydrogen (secondary N) is 1. The second-order valence-electron chi connectivity index (χ2n) is 6.05. The normalized spacial score (nSPS) is 20.6. The molecule has 1 aliphatic heterocycles. The summed E-state index contributed by atoms with van der Waals surface area (Å²) >= 11 is 0. The number of nitrogens with zero attached hydrogens (tertiary/aromatic N) is 1. The second kappa shape index (κ2) is 7.61. The molecule has 1 saturated heterocycles. The van der Waals surface area contributed by atoms with Crippen LogP contribution < -0.4 is 10.1 Å². The van der Waals surface area contributed by atoms with Crippen molar-refractivity contribution in [1.29, 1.82) is 0 Å². The summed E-state index contributed by atoms with van der Waals surface area (Å²) in [5.74, 6) is -0.940. The minimum absolute atomic E-state index is 0.00529. The molecule has 0 radical (unpaired) electrons. The standard InChI is InChI=1S/C17H23FN2O4/c1-12(21)20-9-3-7-17(23,11-20)16(22)19-8-6-13-4-5-15(24-2)14(18)10-13/h4-5,10,23H,3,6-9,11H2,1-2H3,(H,19,22)/t17-/m0/s1. The monoisotopic (exact) mass is 338 g/mol. The van der Waals surface area contributed by atoms with Crippen molar-refractivity contribution >= 4 is 11.8 Å². The molecule has 24 heavy (non-hydrogen) atoms. The van der Waals surface area contributed by atoms with Crippen molar-refractivity contribution in [2.75, 3.05) is 26.7 Å². The van der Waals surface area contributed by atoms with E-state index in [-0.39, 0.29) is 24.7 Å². The van der Waals surface area contributed by atoms with Crippen molar-refractivity contribution in [3.63, 3.8) is 0 Å². The van der Waals surface area contributed by atoms with Crippen LogP contribution in [0.25, 0.3) is 0 Å². The summed E-state index contributed by atoms with van der Waals surface area (Å²) in [6, 6.07) is 4.62. The predicted octanol–water partition coefficient (Wildman–Crippen LogP) is 0.866. The Labute approximate surface area is 140 Å². The molecule has 1 atom stereocenters. The fourth-order valence-corrected chi connectivity index (χ4v) is 2.84. The van der Waals surface area contributed by atoms with Crippen molar-refractivity contribution in [1.82, 2.24) is 10.2 Å². The molecule has 1 aliphatic rings. The lowest BCUT2D eigenvalue weighted by Gasteiger charge is -2.37. The van der Waals surface area contributed by atoms with Gasteiger partial charge in [-0.15, -0.1) is 0 Å². The van der Waals surface area contributed by atoms with Gasteiger partial charge in [-0.1, -0.05) is 6.07 Å². The number of halogens is 1. The van der Waals surface area contributed by atoms with Crippen LogP contribution in [0.3, 0.4) is 0 Å². The van der Waals surface area contributed by atoms with Gasteiger partial charge in [-0.2, -0.15) is 0 Å². The Hall–Kier alpha value is -2.15. The number of benzene rings is 1. The van der Waals surface area contributed by atoms with Gasteiger partial charge in [0.25, 0.3) is 5.91 Å². The van der Waals surface area contributed by atoms with E-state index in [9.17, 15) is 19.1 Å². The van der Waals surface area contributed by atoms with Crippen LogP contribution in [-0.2, 0) is 16.0 Å². The highest BCUT2D eigenvalue weighted by Gasteiger charge is 2.40. The average molecular weight is 338 g/mol. The van der Waals surface area contributed by atoms with Gasteiger partial charge in [-0.05, 0) is 37.0 Å². The number of amides is 2. The van der Waals surface area contributed by atoms with E-state index < -0.39 is 17.3 Å². The van der Waals surface area contributed by atoms with Gasteiger partial charge in [0, 0.05) is 20.0 Å². The lowest BCUT2D eigenvalue weighted by molar-refractivity contribution is -0.150. The maximum Gasteiger partial charge on any atom is 0.253 e. The van der Waals surface area contributed by atoms with Crippen LogP contribution in [-0.4, -0.2) is 54.2 Å². The molecular weight excluding hydrogens is 315 g/mol. The van der Waals surface area contributed by atoms with Crippen LogP contribution in [0.4, 0.5) is 4.39 Å². The molecule has 0 unspecified atom stereocenters. The Morgan fingerprint density at radius 1 is 1.46 bits per heavy atom. The molecule has 7 heteroatoms. The summed E-state index contributed by atoms with van der Waals surface area (Å²) in [5, 5.41) is 13.2. The largest absolute Gasteiger partial charge is 0.494 e. The zero-order valence-electron chi connectivity index (χ0n) is 14.0. The molecule has 1 heterocycles. The van der Waals surface area contributed by atoms with E-state index in [1.165, 1.54) is 31.1 Å². The first-order chi connectivity index (χ1) is 11.4. The van der Waals surface area contributed by atoms with Crippen LogP contribution in [0.2, 0.25) is 0 Å². The van der Waals surface area contributed by atoms with E-state index in [0.29, 0.717) is 25.8 Å². The first kappa shape index (κ1) is 18.2. The third-order valence-corrected chi connectivity index (χ3v) is 4.25. The number of rotatable bonds is 5. The van der Waals surface area contributed by atoms with E-state index >= 15 is 0 Å². The highest BCUT2D eigenvalue weighted by atomic mass is 19.1. The van der Waals surface area contributed by atoms with Gasteiger partial charge in [0.2, 0.25) is 5.91 Å². The number of ether oxygens (including phenoxy) is 1. The summed E-state index contributed by atoms with van der Waals surface area (Å²) < 4.78 is 18.5. The minimum Gasteiger partial charge on any atom is -0.494 e. The number of hydrogen-bond donors (Lipinski definition) is 2. The molecule has 2 N–H and O–H groups in total. The molecule has 0 aromatic heterocycles. The molecular formula is C17H23FN2O4. The van der Waals surface area contributed by atoms with Crippen LogP contribution >= 0.6 is 0 Å². The van der Waals surface area contributed by atoms with Gasteiger partial charge >= 0.3 is 0 Å². The Morgan fingerprint density at radius 3 is 2.83 bits per heavy atom. The van der Waals surface area contributed by atoms with Crippen LogP contribution in [0.5, 0.6) is 5.75 Å². The molecule has 6 nitrogen and oxygen atoms in total. The highest BCUT2D eigenvalue weighted by molar-refractivity contribution is 5.86. The molecule has 0 aliphatic carbocycles. The number of aliphatic hydroxyl groups is 1. The van der Waals surface area contributed by atoms with Gasteiger partial charge in [0.1, 0.15) is 0 Å². The van der Waals surface area contributed by atoms with Gasteiger partial charge < -0.3 is 20.1 Å². The SMILES string of the molecule is COc1ccc(CCNC(=O)[C@]2(O)CCCN(C(C)=O)C2)cc1F. The molecule has 1 fully saturated rings. The molecule has 0 saturated carbocycles. The number of carbonyl (C=O) groups excluding carboxylic acids is 2. The molecule has 2 amide bonds. The molecule has 1 aromatic rings. The Bertz CT molecular complexity index is 623. The second-order valence-corrected chi connectivity index (χ2v) is 6.05. The number of carbonyl (C=O) groups is 2. The van der Waals surface area contributed by atoms with Gasteiger partial charge in [-0.3, -0.25) is 9.59 Å². The topological polar surface area (TPSA) is 78.9 Å². The predicted molar refractivity (Wildman–Crippen MR) is 86.1 cm³/mol. The van der Waals surface area contributed by atoms with E-state index in [4.69, 9.17) is 4.74 Å². The molecule has 1 aromatic carbocycles. The lowest BCUT2D eigenvalue weighted by atomic mass is 9.91. The third-order valence-electron chi connectivity index (χ3n) is 4.25. The molecule has 2 rings (SSSR count). The number of hydrogen-bond acceptors (Lipinski definition) is 4.